The summed E-state index contributed by atoms with van der Waals surface area (Å²) in [5.74, 6) is -0.153. The minimum absolute atomic E-state index is 0.000946. The summed E-state index contributed by atoms with van der Waals surface area (Å²) in [6.45, 7) is 0. The summed E-state index contributed by atoms with van der Waals surface area (Å²) in [6, 6.07) is 14.2. The van der Waals surface area contributed by atoms with Gasteiger partial charge in [0.05, 0.1) is 0 Å². The highest BCUT2D eigenvalue weighted by atomic mass is 35.5. The Morgan fingerprint density at radius 2 is 1.27 bits per heavy atom. The van der Waals surface area contributed by atoms with E-state index in [1.54, 1.807) is 42.5 Å². The largest absolute Gasteiger partial charge is 0.326 e. The van der Waals surface area contributed by atoms with Crippen molar-refractivity contribution >= 4 is 46.4 Å². The van der Waals surface area contributed by atoms with E-state index in [2.05, 4.69) is 10.6 Å². The molecule has 0 aliphatic heterocycles. The zero-order valence-corrected chi connectivity index (χ0v) is 15.7. The molecule has 0 radical (unpaired) electrons. The van der Waals surface area contributed by atoms with Crippen LogP contribution < -0.4 is 10.6 Å². The van der Waals surface area contributed by atoms with Gasteiger partial charge in [0.2, 0.25) is 11.8 Å². The van der Waals surface area contributed by atoms with Gasteiger partial charge in [0.1, 0.15) is 0 Å². The summed E-state index contributed by atoms with van der Waals surface area (Å²) in [6.07, 6.45) is 2.80. The second-order valence-electron chi connectivity index (χ2n) is 6.54. The lowest BCUT2D eigenvalue weighted by atomic mass is 9.81. The number of carbonyl (C=O) groups excluding carboxylic acids is 2. The van der Waals surface area contributed by atoms with E-state index in [1.165, 1.54) is 0 Å². The molecule has 6 heteroatoms. The van der Waals surface area contributed by atoms with Crippen LogP contribution in [-0.2, 0) is 9.59 Å². The zero-order valence-electron chi connectivity index (χ0n) is 14.2. The van der Waals surface area contributed by atoms with Crippen molar-refractivity contribution in [3.63, 3.8) is 0 Å². The lowest BCUT2D eigenvalue weighted by Gasteiger charge is -2.27. The molecule has 136 valence electrons. The number of halogens is 2. The topological polar surface area (TPSA) is 58.2 Å². The molecule has 2 N–H and O–H groups in total. The minimum Gasteiger partial charge on any atom is -0.326 e. The fourth-order valence-electron chi connectivity index (χ4n) is 3.21. The first-order chi connectivity index (χ1) is 12.5. The molecule has 0 aromatic heterocycles. The van der Waals surface area contributed by atoms with Gasteiger partial charge in [0, 0.05) is 33.3 Å². The first kappa shape index (κ1) is 18.7. The van der Waals surface area contributed by atoms with Crippen LogP contribution in [0.15, 0.2) is 48.5 Å². The number of hydrogen-bond donors (Lipinski definition) is 2. The van der Waals surface area contributed by atoms with Crippen molar-refractivity contribution in [1.29, 1.82) is 0 Å². The molecule has 0 spiro atoms. The van der Waals surface area contributed by atoms with E-state index < -0.39 is 0 Å². The highest BCUT2D eigenvalue weighted by Gasteiger charge is 2.30. The highest BCUT2D eigenvalue weighted by Crippen LogP contribution is 2.31. The van der Waals surface area contributed by atoms with Crippen molar-refractivity contribution in [1.82, 2.24) is 0 Å². The molecule has 0 heterocycles. The molecule has 1 fully saturated rings. The third-order valence-corrected chi connectivity index (χ3v) is 5.16. The number of hydrogen-bond acceptors (Lipinski definition) is 2. The summed E-state index contributed by atoms with van der Waals surface area (Å²) >= 11 is 11.8. The number of amides is 2. The Bertz CT molecular complexity index is 785. The number of nitrogens with one attached hydrogen (secondary N) is 2. The summed E-state index contributed by atoms with van der Waals surface area (Å²) < 4.78 is 0. The molecule has 1 aliphatic carbocycles. The van der Waals surface area contributed by atoms with E-state index in [9.17, 15) is 9.59 Å². The van der Waals surface area contributed by atoms with Gasteiger partial charge < -0.3 is 10.6 Å². The molecule has 2 aromatic rings. The fourth-order valence-corrected chi connectivity index (χ4v) is 3.52. The van der Waals surface area contributed by atoms with Gasteiger partial charge in [-0.3, -0.25) is 9.59 Å². The van der Waals surface area contributed by atoms with E-state index in [0.717, 1.165) is 5.69 Å². The minimum atomic E-state index is -0.0754. The number of benzene rings is 2. The van der Waals surface area contributed by atoms with Crippen LogP contribution in [0.4, 0.5) is 11.4 Å². The molecule has 1 saturated carbocycles. The Hall–Kier alpha value is -2.04. The van der Waals surface area contributed by atoms with E-state index in [-0.39, 0.29) is 23.7 Å². The van der Waals surface area contributed by atoms with Crippen LogP contribution in [0.25, 0.3) is 0 Å². The van der Waals surface area contributed by atoms with Gasteiger partial charge >= 0.3 is 0 Å². The molecular formula is C20H20Cl2N2O2. The van der Waals surface area contributed by atoms with Crippen LogP contribution in [0, 0.1) is 11.8 Å². The van der Waals surface area contributed by atoms with Crippen molar-refractivity contribution in [2.75, 3.05) is 10.6 Å². The average Bonchev–Trinajstić information content (AvgIpc) is 2.64. The maximum Gasteiger partial charge on any atom is 0.227 e. The normalized spacial score (nSPS) is 19.6. The standard InChI is InChI=1S/C20H20Cl2N2O2/c21-15-8-10-17(11-9-15)23-19(25)13-4-6-14(7-5-13)20(26)24-18-3-1-2-16(22)12-18/h1-3,8-14H,4-7H2,(H,23,25)(H,24,26). The molecule has 1 aliphatic rings. The summed E-state index contributed by atoms with van der Waals surface area (Å²) in [5.41, 5.74) is 1.44. The predicted octanol–water partition coefficient (Wildman–Crippen LogP) is 5.38. The molecular weight excluding hydrogens is 371 g/mol. The molecule has 3 rings (SSSR count). The Morgan fingerprint density at radius 1 is 0.731 bits per heavy atom. The molecule has 2 amide bonds. The first-order valence-electron chi connectivity index (χ1n) is 8.64. The summed E-state index contributed by atoms with van der Waals surface area (Å²) in [4.78, 5) is 24.8. The van der Waals surface area contributed by atoms with Gasteiger partial charge in [0.15, 0.2) is 0 Å². The van der Waals surface area contributed by atoms with E-state index >= 15 is 0 Å². The molecule has 4 nitrogen and oxygen atoms in total. The lowest BCUT2D eigenvalue weighted by Crippen LogP contribution is -2.32. The third kappa shape index (κ3) is 4.99. The van der Waals surface area contributed by atoms with E-state index in [1.807, 2.05) is 6.07 Å². The number of anilines is 2. The number of carbonyl (C=O) groups is 2. The van der Waals surface area contributed by atoms with Crippen LogP contribution in [0.3, 0.4) is 0 Å². The van der Waals surface area contributed by atoms with Gasteiger partial charge in [-0.1, -0.05) is 29.3 Å². The van der Waals surface area contributed by atoms with Crippen LogP contribution in [-0.4, -0.2) is 11.8 Å². The number of rotatable bonds is 4. The zero-order chi connectivity index (χ0) is 18.5. The quantitative estimate of drug-likeness (QED) is 0.736. The monoisotopic (exact) mass is 390 g/mol. The first-order valence-corrected chi connectivity index (χ1v) is 9.40. The van der Waals surface area contributed by atoms with Gasteiger partial charge in [-0.15, -0.1) is 0 Å². The van der Waals surface area contributed by atoms with Crippen LogP contribution in [0.5, 0.6) is 0 Å². The summed E-state index contributed by atoms with van der Waals surface area (Å²) in [7, 11) is 0. The Labute approximate surface area is 162 Å². The molecule has 0 saturated heterocycles. The molecule has 26 heavy (non-hydrogen) atoms. The predicted molar refractivity (Wildman–Crippen MR) is 106 cm³/mol. The third-order valence-electron chi connectivity index (χ3n) is 4.67. The Balaban J connectivity index is 1.49. The second-order valence-corrected chi connectivity index (χ2v) is 7.42. The van der Waals surface area contributed by atoms with E-state index in [0.29, 0.717) is 41.4 Å². The van der Waals surface area contributed by atoms with Crippen molar-refractivity contribution in [2.45, 2.75) is 25.7 Å². The molecule has 0 atom stereocenters. The van der Waals surface area contributed by atoms with Crippen LogP contribution >= 0.6 is 23.2 Å². The van der Waals surface area contributed by atoms with Gasteiger partial charge in [0.25, 0.3) is 0 Å². The highest BCUT2D eigenvalue weighted by molar-refractivity contribution is 6.31. The summed E-state index contributed by atoms with van der Waals surface area (Å²) in [5, 5.41) is 7.04. The van der Waals surface area contributed by atoms with Crippen molar-refractivity contribution in [3.8, 4) is 0 Å². The maximum atomic E-state index is 12.4. The molecule has 0 unspecified atom stereocenters. The van der Waals surface area contributed by atoms with Crippen molar-refractivity contribution in [3.05, 3.63) is 58.6 Å². The molecule has 2 aromatic carbocycles. The van der Waals surface area contributed by atoms with E-state index in [4.69, 9.17) is 23.2 Å². The van der Waals surface area contributed by atoms with Crippen molar-refractivity contribution in [2.24, 2.45) is 11.8 Å². The smallest absolute Gasteiger partial charge is 0.227 e. The second kappa shape index (κ2) is 8.56. The van der Waals surface area contributed by atoms with Crippen molar-refractivity contribution < 1.29 is 9.59 Å². The fraction of sp³-hybridized carbons (Fsp3) is 0.300. The van der Waals surface area contributed by atoms with Crippen LogP contribution in [0.2, 0.25) is 10.0 Å². The van der Waals surface area contributed by atoms with Crippen LogP contribution in [0.1, 0.15) is 25.7 Å². The maximum absolute atomic E-state index is 12.4. The Kier molecular flexibility index (Phi) is 6.17. The Morgan fingerprint density at radius 3 is 1.81 bits per heavy atom. The van der Waals surface area contributed by atoms with Gasteiger partial charge in [-0.25, -0.2) is 0 Å². The van der Waals surface area contributed by atoms with Gasteiger partial charge in [-0.05, 0) is 68.1 Å². The average molecular weight is 391 g/mol. The SMILES string of the molecule is O=C(Nc1ccc(Cl)cc1)C1CCC(C(=O)Nc2cccc(Cl)c2)CC1. The molecule has 0 bridgehead atoms. The van der Waals surface area contributed by atoms with Gasteiger partial charge in [-0.2, -0.15) is 0 Å². The lowest BCUT2D eigenvalue weighted by molar-refractivity contribution is -0.125.